The molecule has 0 radical (unpaired) electrons. The molecule has 0 bridgehead atoms. The van der Waals surface area contributed by atoms with Crippen LogP contribution in [0.1, 0.15) is 34.5 Å². The highest BCUT2D eigenvalue weighted by Crippen LogP contribution is 2.39. The van der Waals surface area contributed by atoms with E-state index in [2.05, 4.69) is 15.6 Å². The number of pyridine rings is 1. The molecule has 1 aliphatic rings. The van der Waals surface area contributed by atoms with Gasteiger partial charge < -0.3 is 21.1 Å². The molecule has 1 aromatic heterocycles. The van der Waals surface area contributed by atoms with Gasteiger partial charge in [-0.05, 0) is 42.3 Å². The van der Waals surface area contributed by atoms with E-state index in [1.54, 1.807) is 31.2 Å². The summed E-state index contributed by atoms with van der Waals surface area (Å²) in [6.07, 6.45) is 2.20. The van der Waals surface area contributed by atoms with E-state index in [9.17, 15) is 28.4 Å². The van der Waals surface area contributed by atoms with Crippen LogP contribution in [0, 0.1) is 12.1 Å². The molecule has 0 saturated heterocycles. The first-order chi connectivity index (χ1) is 18.5. The zero-order valence-electron chi connectivity index (χ0n) is 20.9. The van der Waals surface area contributed by atoms with Crippen LogP contribution in [0.5, 0.6) is 0 Å². The number of benzene rings is 2. The minimum absolute atomic E-state index is 0.162. The molecule has 0 saturated carbocycles. The summed E-state index contributed by atoms with van der Waals surface area (Å²) in [5, 5.41) is 25.6. The van der Waals surface area contributed by atoms with Gasteiger partial charge in [-0.2, -0.15) is 8.78 Å². The van der Waals surface area contributed by atoms with E-state index < -0.39 is 40.0 Å². The summed E-state index contributed by atoms with van der Waals surface area (Å²) in [7, 11) is 1.52. The Morgan fingerprint density at radius 1 is 1.13 bits per heavy atom. The lowest BCUT2D eigenvalue weighted by Crippen LogP contribution is -2.54. The normalized spacial score (nSPS) is 16.9. The number of hydrogen-bond acceptors (Lipinski definition) is 5. The molecule has 39 heavy (non-hydrogen) atoms. The van der Waals surface area contributed by atoms with Crippen molar-refractivity contribution in [1.29, 1.82) is 0 Å². The van der Waals surface area contributed by atoms with Crippen molar-refractivity contribution in [3.05, 3.63) is 130 Å². The molecule has 1 aliphatic carbocycles. The molecule has 4 rings (SSSR count). The van der Waals surface area contributed by atoms with Gasteiger partial charge in [0.1, 0.15) is 11.4 Å². The summed E-state index contributed by atoms with van der Waals surface area (Å²) in [4.78, 5) is 18.2. The van der Waals surface area contributed by atoms with Gasteiger partial charge in [0, 0.05) is 24.1 Å². The Hall–Kier alpha value is -3.72. The number of urea groups is 1. The van der Waals surface area contributed by atoms with Crippen LogP contribution in [0.15, 0.2) is 96.5 Å². The summed E-state index contributed by atoms with van der Waals surface area (Å²) >= 11 is 0. The van der Waals surface area contributed by atoms with Gasteiger partial charge in [0.05, 0.1) is 17.4 Å². The Morgan fingerprint density at radius 3 is 2.49 bits per heavy atom. The van der Waals surface area contributed by atoms with Crippen LogP contribution < -0.4 is 10.6 Å². The topological polar surface area (TPSA) is 101 Å². The third-order valence-electron chi connectivity index (χ3n) is 6.42. The zero-order valence-corrected chi connectivity index (χ0v) is 22.1. The zero-order chi connectivity index (χ0) is 28.2. The number of hydroxylamine groups is 2. The number of aryl methyl sites for hydroxylation is 1. The highest BCUT2D eigenvalue weighted by Gasteiger charge is 2.39. The summed E-state index contributed by atoms with van der Waals surface area (Å²) in [5.41, 5.74) is -3.19. The number of carbonyl (C=O) groups excluding carboxylic acids is 1. The van der Waals surface area contributed by atoms with Gasteiger partial charge in [-0.25, -0.2) is 9.18 Å². The first-order valence-electron chi connectivity index (χ1n) is 12.1. The highest BCUT2D eigenvalue weighted by atomic mass is 31.0. The lowest BCUT2D eigenvalue weighted by Gasteiger charge is -2.37. The quantitative estimate of drug-likeness (QED) is 0.241. The maximum atomic E-state index is 14.4. The summed E-state index contributed by atoms with van der Waals surface area (Å²) < 4.78 is 42.7. The van der Waals surface area contributed by atoms with Crippen molar-refractivity contribution in [1.82, 2.24) is 20.8 Å². The van der Waals surface area contributed by atoms with Crippen molar-refractivity contribution >= 4 is 15.3 Å². The number of halogens is 3. The van der Waals surface area contributed by atoms with Crippen LogP contribution in [0.3, 0.4) is 0 Å². The van der Waals surface area contributed by atoms with Crippen LogP contribution >= 0.6 is 9.24 Å². The average molecular weight is 556 g/mol. The van der Waals surface area contributed by atoms with Gasteiger partial charge in [0.25, 0.3) is 5.66 Å². The van der Waals surface area contributed by atoms with Crippen molar-refractivity contribution in [3.8, 4) is 0 Å². The van der Waals surface area contributed by atoms with Gasteiger partial charge in [0.2, 0.25) is 0 Å². The molecule has 1 heterocycles. The predicted molar refractivity (Wildman–Crippen MR) is 144 cm³/mol. The van der Waals surface area contributed by atoms with Gasteiger partial charge in [-0.15, -0.1) is 0 Å². The second kappa shape index (κ2) is 11.6. The number of allylic oxidation sites excluding steroid dienone is 2. The van der Waals surface area contributed by atoms with E-state index >= 15 is 0 Å². The van der Waals surface area contributed by atoms with E-state index in [1.165, 1.54) is 33.5 Å². The van der Waals surface area contributed by atoms with E-state index in [0.29, 0.717) is 17.0 Å². The maximum absolute atomic E-state index is 14.4. The lowest BCUT2D eigenvalue weighted by molar-refractivity contribution is -0.0109. The molecule has 2 aromatic carbocycles. The minimum Gasteiger partial charge on any atom is -0.734 e. The fourth-order valence-electron chi connectivity index (χ4n) is 4.53. The standard InChI is InChI=1S/C28H27F3N4O3P/c1-18-7-5-12-25(32-18)27(17-19-8-3-2-4-9-19,20-10-6-11-21(15-20)28(30,31)39)34-26(36)33-22-13-14-23(29)24(16-22)35(37)38/h2-15,22,37H,16-17,39H2,1H3,(H2,33,34,36)/q-1. The molecule has 3 aromatic rings. The Balaban J connectivity index is 1.80. The molecule has 2 amide bonds. The number of nitrogens with zero attached hydrogens (tertiary/aromatic N) is 2. The van der Waals surface area contributed by atoms with Crippen molar-refractivity contribution in [3.63, 3.8) is 0 Å². The average Bonchev–Trinajstić information content (AvgIpc) is 2.89. The van der Waals surface area contributed by atoms with Crippen LogP contribution in [-0.2, 0) is 17.6 Å². The summed E-state index contributed by atoms with van der Waals surface area (Å²) in [6, 6.07) is 18.7. The minimum atomic E-state index is -3.22. The first-order valence-corrected chi connectivity index (χ1v) is 12.6. The third-order valence-corrected chi connectivity index (χ3v) is 6.75. The lowest BCUT2D eigenvalue weighted by atomic mass is 9.80. The molecule has 0 aliphatic heterocycles. The van der Waals surface area contributed by atoms with Gasteiger partial charge in [0.15, 0.2) is 0 Å². The smallest absolute Gasteiger partial charge is 0.316 e. The molecule has 11 heteroatoms. The summed E-state index contributed by atoms with van der Waals surface area (Å²) in [6.45, 7) is 1.78. The highest BCUT2D eigenvalue weighted by molar-refractivity contribution is 7.17. The van der Waals surface area contributed by atoms with Crippen LogP contribution in [0.4, 0.5) is 18.0 Å². The largest absolute Gasteiger partial charge is 0.734 e. The first kappa shape index (κ1) is 28.3. The van der Waals surface area contributed by atoms with Crippen LogP contribution in [-0.4, -0.2) is 27.5 Å². The molecular weight excluding hydrogens is 528 g/mol. The fourth-order valence-corrected chi connectivity index (χ4v) is 4.71. The second-order valence-electron chi connectivity index (χ2n) is 9.27. The molecule has 0 fully saturated rings. The molecule has 3 unspecified atom stereocenters. The number of amides is 2. The van der Waals surface area contributed by atoms with Crippen LogP contribution in [0.2, 0.25) is 0 Å². The molecule has 3 atom stereocenters. The Bertz CT molecular complexity index is 1400. The molecule has 3 N–H and O–H groups in total. The Labute approximate surface area is 226 Å². The molecular formula is C28H27F3N4O3P-. The van der Waals surface area contributed by atoms with Gasteiger partial charge in [-0.1, -0.05) is 69.9 Å². The van der Waals surface area contributed by atoms with Crippen LogP contribution in [0.25, 0.3) is 0 Å². The molecule has 204 valence electrons. The van der Waals surface area contributed by atoms with E-state index in [1.807, 2.05) is 30.3 Å². The van der Waals surface area contributed by atoms with Crippen molar-refractivity contribution in [2.75, 3.05) is 0 Å². The second-order valence-corrected chi connectivity index (χ2v) is 10.00. The number of aromatic nitrogens is 1. The summed E-state index contributed by atoms with van der Waals surface area (Å²) in [5.74, 6) is -0.913. The molecule has 0 spiro atoms. The van der Waals surface area contributed by atoms with E-state index in [4.69, 9.17) is 0 Å². The van der Waals surface area contributed by atoms with E-state index in [0.717, 1.165) is 11.6 Å². The Morgan fingerprint density at radius 2 is 1.82 bits per heavy atom. The van der Waals surface area contributed by atoms with Crippen molar-refractivity contribution < 1.29 is 23.2 Å². The van der Waals surface area contributed by atoms with E-state index in [-0.39, 0.29) is 18.4 Å². The van der Waals surface area contributed by atoms with Gasteiger partial charge >= 0.3 is 6.03 Å². The van der Waals surface area contributed by atoms with Crippen molar-refractivity contribution in [2.24, 2.45) is 0 Å². The number of nitrogens with one attached hydrogen (secondary N) is 2. The van der Waals surface area contributed by atoms with Gasteiger partial charge in [-0.3, -0.25) is 10.2 Å². The SMILES string of the molecule is Cc1cccc(C(Cc2ccccc2)(NC(=O)NC2C=CC(F)=C(N([O-])O)C2)c2cccc(C(F)(F)P)c2)n1. The Kier molecular flexibility index (Phi) is 8.39. The number of hydrogen-bond donors (Lipinski definition) is 3. The maximum Gasteiger partial charge on any atom is 0.316 e. The monoisotopic (exact) mass is 555 g/mol. The van der Waals surface area contributed by atoms with Crippen molar-refractivity contribution in [2.45, 2.75) is 37.0 Å². The number of carbonyl (C=O) groups is 1. The third kappa shape index (κ3) is 6.65. The fraction of sp³-hybridized carbons (Fsp3) is 0.214. The molecule has 7 nitrogen and oxygen atoms in total. The number of rotatable bonds is 8. The number of alkyl halides is 2. The predicted octanol–water partition coefficient (Wildman–Crippen LogP) is 5.80.